The third kappa shape index (κ3) is 3.48. The van der Waals surface area contributed by atoms with Gasteiger partial charge in [-0.15, -0.1) is 0 Å². The fourth-order valence-corrected chi connectivity index (χ4v) is 9.09. The zero-order chi connectivity index (χ0) is 23.4. The van der Waals surface area contributed by atoms with Crippen LogP contribution in [0.5, 0.6) is 0 Å². The number of alkyl halides is 1. The summed E-state index contributed by atoms with van der Waals surface area (Å²) in [5, 5.41) is 0. The maximum Gasteiger partial charge on any atom is 0.305 e. The Morgan fingerprint density at radius 1 is 1.12 bits per heavy atom. The Balaban J connectivity index is 1.62. The molecule has 0 aromatic heterocycles. The molecule has 5 heteroatoms. The van der Waals surface area contributed by atoms with Gasteiger partial charge in [-0.25, -0.2) is 4.39 Å². The van der Waals surface area contributed by atoms with Gasteiger partial charge in [-0.2, -0.15) is 0 Å². The van der Waals surface area contributed by atoms with Gasteiger partial charge >= 0.3 is 5.97 Å². The molecule has 4 aliphatic rings. The maximum atomic E-state index is 14.7. The van der Waals surface area contributed by atoms with Crippen LogP contribution in [0.3, 0.4) is 0 Å². The van der Waals surface area contributed by atoms with Crippen molar-refractivity contribution in [3.05, 3.63) is 0 Å². The summed E-state index contributed by atoms with van der Waals surface area (Å²) in [6.45, 7) is 8.88. The number of carbonyl (C=O) groups is 3. The van der Waals surface area contributed by atoms with Gasteiger partial charge in [0.15, 0.2) is 12.0 Å². The molecule has 0 unspecified atom stereocenters. The lowest BCUT2D eigenvalue weighted by molar-refractivity contribution is -0.174. The zero-order valence-corrected chi connectivity index (χ0v) is 20.5. The second-order valence-electron chi connectivity index (χ2n) is 11.9. The van der Waals surface area contributed by atoms with Crippen LogP contribution in [-0.2, 0) is 19.1 Å². The van der Waals surface area contributed by atoms with E-state index in [2.05, 4.69) is 27.7 Å². The SMILES string of the molecule is CC[C@H]1C(=O)[C@@H]2[C@H](CC[C@]3(C)[C@@H]([C@H](C)CCC(=O)OC)CC[C@@H]23)[C@@]2(C)C[C@H](F)C(=O)C[C@@H]12. The van der Waals surface area contributed by atoms with E-state index in [-0.39, 0.29) is 52.7 Å². The Morgan fingerprint density at radius 3 is 2.47 bits per heavy atom. The second-order valence-corrected chi connectivity index (χ2v) is 11.9. The van der Waals surface area contributed by atoms with Gasteiger partial charge in [0.25, 0.3) is 0 Å². The third-order valence-corrected chi connectivity index (χ3v) is 10.8. The summed E-state index contributed by atoms with van der Waals surface area (Å²) in [6.07, 6.45) is 5.34. The molecule has 0 aromatic carbocycles. The van der Waals surface area contributed by atoms with E-state index in [1.807, 2.05) is 0 Å². The van der Waals surface area contributed by atoms with Crippen LogP contribution >= 0.6 is 0 Å². The van der Waals surface area contributed by atoms with E-state index in [4.69, 9.17) is 4.74 Å². The van der Waals surface area contributed by atoms with Crippen molar-refractivity contribution in [3.8, 4) is 0 Å². The van der Waals surface area contributed by atoms with Gasteiger partial charge in [0.2, 0.25) is 0 Å². The van der Waals surface area contributed by atoms with Crippen molar-refractivity contribution >= 4 is 17.5 Å². The highest BCUT2D eigenvalue weighted by molar-refractivity contribution is 5.89. The van der Waals surface area contributed by atoms with Crippen molar-refractivity contribution in [1.29, 1.82) is 0 Å². The largest absolute Gasteiger partial charge is 0.469 e. The lowest BCUT2D eigenvalue weighted by Gasteiger charge is -2.61. The van der Waals surface area contributed by atoms with Gasteiger partial charge in [0.05, 0.1) is 7.11 Å². The molecule has 4 aliphatic carbocycles. The lowest BCUT2D eigenvalue weighted by atomic mass is 9.41. The Hall–Kier alpha value is -1.26. The fourth-order valence-electron chi connectivity index (χ4n) is 9.09. The molecule has 0 heterocycles. The predicted molar refractivity (Wildman–Crippen MR) is 120 cm³/mol. The number of methoxy groups -OCH3 is 1. The third-order valence-electron chi connectivity index (χ3n) is 10.8. The van der Waals surface area contributed by atoms with Crippen LogP contribution in [0.4, 0.5) is 4.39 Å². The van der Waals surface area contributed by atoms with E-state index in [9.17, 15) is 18.8 Å². The average molecular weight is 449 g/mol. The van der Waals surface area contributed by atoms with E-state index < -0.39 is 6.17 Å². The number of ether oxygens (including phenoxy) is 1. The van der Waals surface area contributed by atoms with Crippen molar-refractivity contribution in [2.75, 3.05) is 7.11 Å². The van der Waals surface area contributed by atoms with Crippen molar-refractivity contribution in [1.82, 2.24) is 0 Å². The molecule has 4 saturated carbocycles. The summed E-state index contributed by atoms with van der Waals surface area (Å²) in [6, 6.07) is 0. The highest BCUT2D eigenvalue weighted by Crippen LogP contribution is 2.68. The first-order valence-electron chi connectivity index (χ1n) is 12.9. The molecular weight excluding hydrogens is 407 g/mol. The van der Waals surface area contributed by atoms with Gasteiger partial charge in [-0.05, 0) is 85.4 Å². The molecular formula is C27H41FO4. The van der Waals surface area contributed by atoms with E-state index in [1.165, 1.54) is 7.11 Å². The van der Waals surface area contributed by atoms with Crippen molar-refractivity contribution < 1.29 is 23.5 Å². The first kappa shape index (κ1) is 23.9. The van der Waals surface area contributed by atoms with Crippen LogP contribution in [0.2, 0.25) is 0 Å². The molecule has 4 nitrogen and oxygen atoms in total. The molecule has 0 saturated heterocycles. The first-order chi connectivity index (χ1) is 15.1. The standard InChI is InChI=1S/C27H41FO4/c1-6-16-20-13-22(29)21(28)14-27(20,4)19-11-12-26(3)17(15(2)7-10-23(30)32-5)8-9-18(26)24(19)25(16)31/h15-21,24H,6-14H2,1-5H3/t15-,16-,17-,18+,19+,20+,21+,24+,26-,27-/m1/s1. The smallest absolute Gasteiger partial charge is 0.305 e. The molecule has 0 aromatic rings. The Morgan fingerprint density at radius 2 is 1.81 bits per heavy atom. The predicted octanol–water partition coefficient (Wildman–Crippen LogP) is 5.57. The Kier molecular flexibility index (Phi) is 6.35. The molecule has 0 radical (unpaired) electrons. The summed E-state index contributed by atoms with van der Waals surface area (Å²) in [5.41, 5.74) is -0.171. The topological polar surface area (TPSA) is 60.4 Å². The molecule has 0 bridgehead atoms. The molecule has 180 valence electrons. The first-order valence-corrected chi connectivity index (χ1v) is 12.9. The minimum absolute atomic E-state index is 0.00119. The molecule has 4 rings (SSSR count). The number of hydrogen-bond donors (Lipinski definition) is 0. The van der Waals surface area contributed by atoms with Crippen LogP contribution < -0.4 is 0 Å². The van der Waals surface area contributed by atoms with E-state index >= 15 is 0 Å². The average Bonchev–Trinajstić information content (AvgIpc) is 3.11. The Bertz CT molecular complexity index is 780. The van der Waals surface area contributed by atoms with Gasteiger partial charge < -0.3 is 4.74 Å². The van der Waals surface area contributed by atoms with Crippen LogP contribution in [0.1, 0.15) is 85.5 Å². The number of ketones is 2. The van der Waals surface area contributed by atoms with Crippen molar-refractivity contribution in [2.45, 2.75) is 91.7 Å². The van der Waals surface area contributed by atoms with Crippen LogP contribution in [0.15, 0.2) is 0 Å². The van der Waals surface area contributed by atoms with Crippen LogP contribution in [-0.4, -0.2) is 30.8 Å². The van der Waals surface area contributed by atoms with Gasteiger partial charge in [-0.1, -0.05) is 27.7 Å². The fraction of sp³-hybridized carbons (Fsp3) is 0.889. The normalized spacial score (nSPS) is 46.8. The minimum atomic E-state index is -1.37. The number of carbonyl (C=O) groups excluding carboxylic acids is 3. The molecule has 4 fully saturated rings. The van der Waals surface area contributed by atoms with Crippen LogP contribution in [0.25, 0.3) is 0 Å². The van der Waals surface area contributed by atoms with E-state index in [0.717, 1.165) is 38.5 Å². The minimum Gasteiger partial charge on any atom is -0.469 e. The number of fused-ring (bicyclic) bond motifs is 5. The Labute approximate surface area is 192 Å². The summed E-state index contributed by atoms with van der Waals surface area (Å²) in [5.74, 6) is 1.24. The number of hydrogen-bond acceptors (Lipinski definition) is 4. The number of esters is 1. The van der Waals surface area contributed by atoms with Crippen molar-refractivity contribution in [2.24, 2.45) is 52.3 Å². The molecule has 0 amide bonds. The summed E-state index contributed by atoms with van der Waals surface area (Å²) >= 11 is 0. The van der Waals surface area contributed by atoms with Crippen molar-refractivity contribution in [3.63, 3.8) is 0 Å². The monoisotopic (exact) mass is 448 g/mol. The summed E-state index contributed by atoms with van der Waals surface area (Å²) in [4.78, 5) is 37.9. The van der Waals surface area contributed by atoms with E-state index in [1.54, 1.807) is 0 Å². The summed E-state index contributed by atoms with van der Waals surface area (Å²) < 4.78 is 19.5. The number of rotatable bonds is 5. The van der Waals surface area contributed by atoms with Gasteiger partial charge in [-0.3, -0.25) is 14.4 Å². The molecule has 0 N–H and O–H groups in total. The molecule has 32 heavy (non-hydrogen) atoms. The summed E-state index contributed by atoms with van der Waals surface area (Å²) in [7, 11) is 1.44. The highest BCUT2D eigenvalue weighted by Gasteiger charge is 2.66. The molecule has 0 aliphatic heterocycles. The van der Waals surface area contributed by atoms with Crippen LogP contribution in [0, 0.1) is 52.3 Å². The maximum absolute atomic E-state index is 14.7. The van der Waals surface area contributed by atoms with Gasteiger partial charge in [0.1, 0.15) is 5.78 Å². The van der Waals surface area contributed by atoms with Gasteiger partial charge in [0, 0.05) is 24.7 Å². The number of Topliss-reactive ketones (excluding diaryl/α,β-unsaturated/α-hetero) is 2. The molecule has 0 spiro atoms. The highest BCUT2D eigenvalue weighted by atomic mass is 19.1. The second kappa shape index (κ2) is 8.51. The quantitative estimate of drug-likeness (QED) is 0.516. The van der Waals surface area contributed by atoms with E-state index in [0.29, 0.717) is 36.4 Å². The lowest BCUT2D eigenvalue weighted by Crippen LogP contribution is -2.61. The number of halogens is 1. The molecule has 10 atom stereocenters. The zero-order valence-electron chi connectivity index (χ0n) is 20.5.